The zero-order valence-corrected chi connectivity index (χ0v) is 11.6. The van der Waals surface area contributed by atoms with Crippen molar-refractivity contribution in [3.05, 3.63) is 29.8 Å². The van der Waals surface area contributed by atoms with Crippen LogP contribution in [-0.4, -0.2) is 20.8 Å². The fourth-order valence-electron chi connectivity index (χ4n) is 1.31. The quantitative estimate of drug-likeness (QED) is 0.554. The van der Waals surface area contributed by atoms with Gasteiger partial charge in [0.1, 0.15) is 0 Å². The Balaban J connectivity index is 2.92. The molecule has 18 heavy (non-hydrogen) atoms. The molecule has 4 N–H and O–H groups in total. The fourth-order valence-corrected chi connectivity index (χ4v) is 2.76. The number of aryl methyl sites for hydroxylation is 1. The third-order valence-corrected chi connectivity index (χ3v) is 4.38. The summed E-state index contributed by atoms with van der Waals surface area (Å²) in [5.41, 5.74) is 5.40. The third-order valence-electron chi connectivity index (χ3n) is 2.82. The van der Waals surface area contributed by atoms with Gasteiger partial charge in [-0.15, -0.1) is 0 Å². The Morgan fingerprint density at radius 1 is 1.39 bits per heavy atom. The van der Waals surface area contributed by atoms with Gasteiger partial charge in [0.25, 0.3) is 0 Å². The lowest BCUT2D eigenvalue weighted by molar-refractivity contribution is 0.493. The highest BCUT2D eigenvalue weighted by molar-refractivity contribution is 7.89. The van der Waals surface area contributed by atoms with E-state index in [-0.39, 0.29) is 17.3 Å². The van der Waals surface area contributed by atoms with Gasteiger partial charge in [0.2, 0.25) is 10.0 Å². The van der Waals surface area contributed by atoms with Crippen LogP contribution in [0.5, 0.6) is 0 Å². The first-order chi connectivity index (χ1) is 8.17. The van der Waals surface area contributed by atoms with Crippen LogP contribution in [-0.2, 0) is 10.0 Å². The minimum atomic E-state index is -3.56. The molecule has 0 aromatic heterocycles. The van der Waals surface area contributed by atoms with E-state index in [2.05, 4.69) is 4.72 Å². The van der Waals surface area contributed by atoms with Gasteiger partial charge in [0.15, 0.2) is 0 Å². The monoisotopic (exact) mass is 269 g/mol. The highest BCUT2D eigenvalue weighted by Crippen LogP contribution is 2.17. The van der Waals surface area contributed by atoms with Gasteiger partial charge in [-0.1, -0.05) is 32.0 Å². The van der Waals surface area contributed by atoms with Crippen LogP contribution in [0.2, 0.25) is 0 Å². The number of hydrogen-bond donors (Lipinski definition) is 3. The topological polar surface area (TPSA) is 96.0 Å². The van der Waals surface area contributed by atoms with Crippen molar-refractivity contribution in [1.82, 2.24) is 4.72 Å². The summed E-state index contributed by atoms with van der Waals surface area (Å²) in [6.07, 6.45) is 0. The van der Waals surface area contributed by atoms with Gasteiger partial charge in [-0.3, -0.25) is 5.41 Å². The minimum Gasteiger partial charge on any atom is -0.387 e. The van der Waals surface area contributed by atoms with E-state index >= 15 is 0 Å². The van der Waals surface area contributed by atoms with Crippen LogP contribution in [0.1, 0.15) is 19.4 Å². The number of sulfonamides is 1. The molecule has 5 nitrogen and oxygen atoms in total. The summed E-state index contributed by atoms with van der Waals surface area (Å²) in [5, 5.41) is 7.39. The number of amidine groups is 1. The van der Waals surface area contributed by atoms with Gasteiger partial charge >= 0.3 is 0 Å². The highest BCUT2D eigenvalue weighted by Gasteiger charge is 2.25. The van der Waals surface area contributed by atoms with Crippen LogP contribution in [0.4, 0.5) is 0 Å². The van der Waals surface area contributed by atoms with Crippen molar-refractivity contribution in [2.24, 2.45) is 11.1 Å². The summed E-state index contributed by atoms with van der Waals surface area (Å²) in [7, 11) is -3.56. The van der Waals surface area contributed by atoms with Crippen molar-refractivity contribution in [3.63, 3.8) is 0 Å². The molecule has 0 spiro atoms. The van der Waals surface area contributed by atoms with Crippen molar-refractivity contribution in [2.75, 3.05) is 6.54 Å². The average molecular weight is 269 g/mol. The molecule has 0 bridgehead atoms. The smallest absolute Gasteiger partial charge is 0.240 e. The maximum Gasteiger partial charge on any atom is 0.240 e. The van der Waals surface area contributed by atoms with Gasteiger partial charge in [0, 0.05) is 12.0 Å². The largest absolute Gasteiger partial charge is 0.387 e. The lowest BCUT2D eigenvalue weighted by Crippen LogP contribution is -2.42. The molecule has 100 valence electrons. The van der Waals surface area contributed by atoms with Crippen molar-refractivity contribution >= 4 is 15.9 Å². The molecular weight excluding hydrogens is 250 g/mol. The van der Waals surface area contributed by atoms with E-state index in [9.17, 15) is 8.42 Å². The summed E-state index contributed by atoms with van der Waals surface area (Å²) < 4.78 is 26.7. The SMILES string of the molecule is Cc1ccccc1S(=O)(=O)NCC(C)(C)C(=N)N. The number of benzene rings is 1. The zero-order valence-electron chi connectivity index (χ0n) is 10.8. The summed E-state index contributed by atoms with van der Waals surface area (Å²) in [6.45, 7) is 5.27. The van der Waals surface area contributed by atoms with Crippen LogP contribution in [0.15, 0.2) is 29.2 Å². The minimum absolute atomic E-state index is 0.0463. The summed E-state index contributed by atoms with van der Waals surface area (Å²) >= 11 is 0. The molecule has 0 aliphatic rings. The second-order valence-corrected chi connectivity index (χ2v) is 6.62. The molecule has 0 atom stereocenters. The molecule has 1 aromatic carbocycles. The summed E-state index contributed by atoms with van der Waals surface area (Å²) in [4.78, 5) is 0.254. The van der Waals surface area contributed by atoms with Crippen molar-refractivity contribution in [2.45, 2.75) is 25.7 Å². The van der Waals surface area contributed by atoms with Gasteiger partial charge in [-0.05, 0) is 18.6 Å². The second kappa shape index (κ2) is 5.07. The van der Waals surface area contributed by atoms with E-state index in [0.29, 0.717) is 5.56 Å². The van der Waals surface area contributed by atoms with Crippen molar-refractivity contribution < 1.29 is 8.42 Å². The molecule has 0 heterocycles. The molecule has 0 radical (unpaired) electrons. The number of hydrogen-bond acceptors (Lipinski definition) is 3. The van der Waals surface area contributed by atoms with Gasteiger partial charge in [0.05, 0.1) is 10.7 Å². The Labute approximate surface area is 108 Å². The Hall–Kier alpha value is -1.40. The van der Waals surface area contributed by atoms with Crippen molar-refractivity contribution in [1.29, 1.82) is 5.41 Å². The molecule has 0 saturated heterocycles. The average Bonchev–Trinajstić information content (AvgIpc) is 2.27. The van der Waals surface area contributed by atoms with E-state index in [1.165, 1.54) is 0 Å². The predicted molar refractivity (Wildman–Crippen MR) is 72.1 cm³/mol. The number of rotatable bonds is 5. The zero-order chi connectivity index (χ0) is 14.0. The first-order valence-corrected chi connectivity index (χ1v) is 7.05. The maximum absolute atomic E-state index is 12.1. The van der Waals surface area contributed by atoms with Crippen LogP contribution < -0.4 is 10.5 Å². The highest BCUT2D eigenvalue weighted by atomic mass is 32.2. The van der Waals surface area contributed by atoms with Gasteiger partial charge in [-0.25, -0.2) is 13.1 Å². The van der Waals surface area contributed by atoms with Crippen LogP contribution in [0.3, 0.4) is 0 Å². The summed E-state index contributed by atoms with van der Waals surface area (Å²) in [6, 6.07) is 6.76. The van der Waals surface area contributed by atoms with E-state index in [1.54, 1.807) is 45.0 Å². The van der Waals surface area contributed by atoms with Crippen LogP contribution in [0.25, 0.3) is 0 Å². The first kappa shape index (κ1) is 14.7. The molecule has 0 fully saturated rings. The predicted octanol–water partition coefficient (Wildman–Crippen LogP) is 1.24. The second-order valence-electron chi connectivity index (χ2n) is 4.89. The van der Waals surface area contributed by atoms with E-state index < -0.39 is 15.4 Å². The normalized spacial score (nSPS) is 12.4. The maximum atomic E-state index is 12.1. The number of nitrogens with two attached hydrogens (primary N) is 1. The lowest BCUT2D eigenvalue weighted by atomic mass is 9.93. The third kappa shape index (κ3) is 3.30. The molecular formula is C12H19N3O2S. The van der Waals surface area contributed by atoms with Gasteiger partial charge in [-0.2, -0.15) is 0 Å². The molecule has 0 unspecified atom stereocenters. The molecule has 0 amide bonds. The molecule has 6 heteroatoms. The summed E-state index contributed by atoms with van der Waals surface area (Å²) in [5.74, 6) is -0.0463. The van der Waals surface area contributed by atoms with E-state index in [1.807, 2.05) is 0 Å². The van der Waals surface area contributed by atoms with E-state index in [4.69, 9.17) is 11.1 Å². The Morgan fingerprint density at radius 2 is 1.94 bits per heavy atom. The molecule has 1 aromatic rings. The van der Waals surface area contributed by atoms with Crippen molar-refractivity contribution in [3.8, 4) is 0 Å². The standard InChI is InChI=1S/C12H19N3O2S/c1-9-6-4-5-7-10(9)18(16,17)15-8-12(2,3)11(13)14/h4-7,15H,8H2,1-3H3,(H3,13,14). The van der Waals surface area contributed by atoms with Crippen LogP contribution >= 0.6 is 0 Å². The number of nitrogens with one attached hydrogen (secondary N) is 2. The Morgan fingerprint density at radius 3 is 2.44 bits per heavy atom. The molecule has 0 aliphatic carbocycles. The Kier molecular flexibility index (Phi) is 4.13. The lowest BCUT2D eigenvalue weighted by Gasteiger charge is -2.23. The molecule has 0 saturated carbocycles. The fraction of sp³-hybridized carbons (Fsp3) is 0.417. The van der Waals surface area contributed by atoms with E-state index in [0.717, 1.165) is 0 Å². The van der Waals surface area contributed by atoms with Crippen LogP contribution in [0, 0.1) is 17.7 Å². The Bertz CT molecular complexity index is 550. The van der Waals surface area contributed by atoms with Gasteiger partial charge < -0.3 is 5.73 Å². The first-order valence-electron chi connectivity index (χ1n) is 5.56. The molecule has 0 aliphatic heterocycles. The molecule has 1 rings (SSSR count).